The molecule has 2 atom stereocenters. The lowest BCUT2D eigenvalue weighted by atomic mass is 9.74. The van der Waals surface area contributed by atoms with Gasteiger partial charge in [-0.25, -0.2) is 0 Å². The highest BCUT2D eigenvalue weighted by atomic mass is 16.2. The third-order valence-electron chi connectivity index (χ3n) is 4.84. The zero-order valence-corrected chi connectivity index (χ0v) is 12.9. The monoisotopic (exact) mass is 271 g/mol. The van der Waals surface area contributed by atoms with Crippen LogP contribution in [0.4, 0.5) is 0 Å². The number of amides is 1. The van der Waals surface area contributed by atoms with Crippen molar-refractivity contribution in [1.82, 2.24) is 4.90 Å². The summed E-state index contributed by atoms with van der Waals surface area (Å²) >= 11 is 0. The number of hydrogen-bond acceptors (Lipinski definition) is 1. The van der Waals surface area contributed by atoms with E-state index in [1.807, 2.05) is 0 Å². The van der Waals surface area contributed by atoms with Crippen LogP contribution in [0.5, 0.6) is 0 Å². The van der Waals surface area contributed by atoms with Gasteiger partial charge in [-0.15, -0.1) is 0 Å². The maximum Gasteiger partial charge on any atom is 0.230 e. The Hall–Kier alpha value is -1.31. The van der Waals surface area contributed by atoms with Gasteiger partial charge in [0.1, 0.15) is 0 Å². The zero-order valence-electron chi connectivity index (χ0n) is 12.9. The molecular formula is C18H25NO. The average Bonchev–Trinajstić information content (AvgIpc) is 2.52. The maximum atomic E-state index is 13.1. The van der Waals surface area contributed by atoms with E-state index in [2.05, 4.69) is 49.9 Å². The molecule has 2 nitrogen and oxygen atoms in total. The van der Waals surface area contributed by atoms with Crippen molar-refractivity contribution in [3.8, 4) is 0 Å². The van der Waals surface area contributed by atoms with Crippen LogP contribution < -0.4 is 0 Å². The summed E-state index contributed by atoms with van der Waals surface area (Å²) in [6.45, 7) is 7.52. The fourth-order valence-corrected chi connectivity index (χ4v) is 3.89. The van der Waals surface area contributed by atoms with Gasteiger partial charge in [-0.2, -0.15) is 0 Å². The van der Waals surface area contributed by atoms with Gasteiger partial charge in [-0.1, -0.05) is 45.0 Å². The predicted molar refractivity (Wildman–Crippen MR) is 81.7 cm³/mol. The van der Waals surface area contributed by atoms with Crippen molar-refractivity contribution in [3.63, 3.8) is 0 Å². The van der Waals surface area contributed by atoms with E-state index in [0.717, 1.165) is 25.8 Å². The summed E-state index contributed by atoms with van der Waals surface area (Å²) in [5, 5.41) is 0. The summed E-state index contributed by atoms with van der Waals surface area (Å²) in [7, 11) is 0. The molecule has 2 heteroatoms. The maximum absolute atomic E-state index is 13.1. The molecule has 2 heterocycles. The van der Waals surface area contributed by atoms with Gasteiger partial charge in [0.15, 0.2) is 0 Å². The fourth-order valence-electron chi connectivity index (χ4n) is 3.89. The van der Waals surface area contributed by atoms with Gasteiger partial charge in [0, 0.05) is 12.6 Å². The quantitative estimate of drug-likeness (QED) is 0.703. The third kappa shape index (κ3) is 2.25. The summed E-state index contributed by atoms with van der Waals surface area (Å²) in [6.07, 6.45) is 4.62. The number of piperidine rings is 1. The molecule has 1 aromatic carbocycles. The van der Waals surface area contributed by atoms with Crippen molar-refractivity contribution in [2.24, 2.45) is 5.41 Å². The van der Waals surface area contributed by atoms with Crippen LogP contribution in [0.2, 0.25) is 0 Å². The van der Waals surface area contributed by atoms with Crippen LogP contribution in [0.15, 0.2) is 24.3 Å². The Morgan fingerprint density at radius 3 is 2.65 bits per heavy atom. The molecule has 1 aromatic rings. The molecule has 0 spiro atoms. The van der Waals surface area contributed by atoms with E-state index in [0.29, 0.717) is 11.9 Å². The van der Waals surface area contributed by atoms with E-state index in [4.69, 9.17) is 0 Å². The first-order valence-corrected chi connectivity index (χ1v) is 7.87. The number of rotatable bonds is 0. The molecular weight excluding hydrogens is 246 g/mol. The number of carbonyl (C=O) groups excluding carboxylic acids is 1. The van der Waals surface area contributed by atoms with Gasteiger partial charge in [-0.05, 0) is 42.2 Å². The Balaban J connectivity index is 2.10. The van der Waals surface area contributed by atoms with Crippen molar-refractivity contribution in [2.45, 2.75) is 58.4 Å². The molecule has 20 heavy (non-hydrogen) atoms. The minimum absolute atomic E-state index is 0.00167. The van der Waals surface area contributed by atoms with E-state index in [1.54, 1.807) is 0 Å². The first-order chi connectivity index (χ1) is 9.48. The van der Waals surface area contributed by atoms with E-state index in [1.165, 1.54) is 17.5 Å². The molecule has 2 aliphatic rings. The van der Waals surface area contributed by atoms with E-state index in [-0.39, 0.29) is 11.3 Å². The number of nitrogens with zero attached hydrogens (tertiary/aromatic N) is 1. The second-order valence-electron chi connectivity index (χ2n) is 7.38. The van der Waals surface area contributed by atoms with Gasteiger partial charge >= 0.3 is 0 Å². The second-order valence-corrected chi connectivity index (χ2v) is 7.38. The van der Waals surface area contributed by atoms with Gasteiger partial charge in [0.2, 0.25) is 5.91 Å². The molecule has 2 unspecified atom stereocenters. The number of hydrogen-bond donors (Lipinski definition) is 0. The summed E-state index contributed by atoms with van der Waals surface area (Å²) in [4.78, 5) is 15.3. The van der Waals surface area contributed by atoms with Crippen molar-refractivity contribution in [3.05, 3.63) is 35.4 Å². The van der Waals surface area contributed by atoms with Crippen LogP contribution in [0.1, 0.15) is 57.1 Å². The average molecular weight is 271 g/mol. The van der Waals surface area contributed by atoms with Crippen molar-refractivity contribution >= 4 is 5.91 Å². The van der Waals surface area contributed by atoms with Gasteiger partial charge < -0.3 is 4.90 Å². The molecule has 1 amide bonds. The zero-order chi connectivity index (χ0) is 14.3. The number of carbonyl (C=O) groups is 1. The Morgan fingerprint density at radius 1 is 1.15 bits per heavy atom. The Morgan fingerprint density at radius 2 is 1.90 bits per heavy atom. The van der Waals surface area contributed by atoms with Crippen LogP contribution in [0.25, 0.3) is 0 Å². The normalized spacial score (nSPS) is 26.8. The molecule has 2 aliphatic heterocycles. The highest BCUT2D eigenvalue weighted by Crippen LogP contribution is 2.42. The molecule has 0 N–H and O–H groups in total. The van der Waals surface area contributed by atoms with Gasteiger partial charge in [-0.3, -0.25) is 4.79 Å². The first-order valence-electron chi connectivity index (χ1n) is 7.87. The Kier molecular flexibility index (Phi) is 3.35. The van der Waals surface area contributed by atoms with E-state index >= 15 is 0 Å². The molecule has 0 aliphatic carbocycles. The number of fused-ring (bicyclic) bond motifs is 2. The van der Waals surface area contributed by atoms with Gasteiger partial charge in [0.25, 0.3) is 0 Å². The molecule has 1 fully saturated rings. The smallest absolute Gasteiger partial charge is 0.230 e. The van der Waals surface area contributed by atoms with Crippen LogP contribution in [-0.4, -0.2) is 23.4 Å². The molecule has 108 valence electrons. The number of benzene rings is 1. The van der Waals surface area contributed by atoms with E-state index < -0.39 is 0 Å². The van der Waals surface area contributed by atoms with Crippen molar-refractivity contribution < 1.29 is 4.79 Å². The molecule has 1 saturated heterocycles. The van der Waals surface area contributed by atoms with Crippen molar-refractivity contribution in [2.75, 3.05) is 6.54 Å². The highest BCUT2D eigenvalue weighted by molar-refractivity contribution is 5.86. The molecule has 0 radical (unpaired) electrons. The molecule has 0 saturated carbocycles. The third-order valence-corrected chi connectivity index (χ3v) is 4.84. The van der Waals surface area contributed by atoms with Crippen LogP contribution in [-0.2, 0) is 11.2 Å². The highest BCUT2D eigenvalue weighted by Gasteiger charge is 2.42. The van der Waals surface area contributed by atoms with Crippen LogP contribution in [0, 0.1) is 5.41 Å². The topological polar surface area (TPSA) is 20.3 Å². The molecule has 0 bridgehead atoms. The summed E-state index contributed by atoms with van der Waals surface area (Å²) in [5.74, 6) is 0.356. The van der Waals surface area contributed by atoms with Gasteiger partial charge in [0.05, 0.1) is 5.92 Å². The summed E-state index contributed by atoms with van der Waals surface area (Å²) in [6, 6.07) is 9.00. The lowest BCUT2D eigenvalue weighted by molar-refractivity contribution is -0.138. The summed E-state index contributed by atoms with van der Waals surface area (Å²) < 4.78 is 0. The van der Waals surface area contributed by atoms with Crippen LogP contribution in [0.3, 0.4) is 0 Å². The Labute approximate surface area is 122 Å². The second kappa shape index (κ2) is 4.91. The lowest BCUT2D eigenvalue weighted by Crippen LogP contribution is -2.47. The Bertz CT molecular complexity index is 514. The standard InChI is InChI=1S/C18H25NO/c1-18(2,3)16-15-10-5-4-8-13(15)12-14-9-6-7-11-19(14)17(16)20/h4-5,8,10,14,16H,6-7,9,11-12H2,1-3H3. The SMILES string of the molecule is CC(C)(C)C1C(=O)N2CCCCC2Cc2ccccc21. The lowest BCUT2D eigenvalue weighted by Gasteiger charge is -2.38. The molecule has 3 rings (SSSR count). The minimum Gasteiger partial charge on any atom is -0.339 e. The van der Waals surface area contributed by atoms with Crippen molar-refractivity contribution in [1.29, 1.82) is 0 Å². The van der Waals surface area contributed by atoms with Crippen LogP contribution >= 0.6 is 0 Å². The largest absolute Gasteiger partial charge is 0.339 e. The first kappa shape index (κ1) is 13.7. The predicted octanol–water partition coefficient (Wildman–Crippen LogP) is 3.75. The minimum atomic E-state index is -0.0283. The fraction of sp³-hybridized carbons (Fsp3) is 0.611. The molecule has 0 aromatic heterocycles. The van der Waals surface area contributed by atoms with E-state index in [9.17, 15) is 4.79 Å². The summed E-state index contributed by atoms with van der Waals surface area (Å²) in [5.41, 5.74) is 2.62.